The van der Waals surface area contributed by atoms with Crippen LogP contribution in [0.5, 0.6) is 0 Å². The quantitative estimate of drug-likeness (QED) is 0.447. The molecular formula is C9H11IN2O5. The van der Waals surface area contributed by atoms with Gasteiger partial charge in [-0.25, -0.2) is 4.79 Å². The van der Waals surface area contributed by atoms with E-state index >= 15 is 0 Å². The Morgan fingerprint density at radius 2 is 2.24 bits per heavy atom. The van der Waals surface area contributed by atoms with E-state index in [1.54, 1.807) is 0 Å². The van der Waals surface area contributed by atoms with Gasteiger partial charge < -0.3 is 14.9 Å². The number of H-pyrrole nitrogens is 1. The van der Waals surface area contributed by atoms with Crippen molar-refractivity contribution in [2.24, 2.45) is 0 Å². The zero-order valence-corrected chi connectivity index (χ0v) is 10.7. The molecule has 0 amide bonds. The molecule has 1 aliphatic rings. The van der Waals surface area contributed by atoms with E-state index in [9.17, 15) is 19.8 Å². The molecule has 1 aromatic rings. The maximum atomic E-state index is 11.6. The van der Waals surface area contributed by atoms with Crippen molar-refractivity contribution in [3.05, 3.63) is 33.1 Å². The smallest absolute Gasteiger partial charge is 0.330 e. The minimum absolute atomic E-state index is 0.356. The second-order valence-corrected chi connectivity index (χ2v) is 4.45. The number of aromatic amines is 1. The third-order valence-electron chi connectivity index (χ3n) is 2.44. The summed E-state index contributed by atoms with van der Waals surface area (Å²) in [6, 6.07) is 1.04. The molecule has 0 aliphatic carbocycles. The van der Waals surface area contributed by atoms with Crippen molar-refractivity contribution in [2.45, 2.75) is 24.5 Å². The van der Waals surface area contributed by atoms with Crippen LogP contribution in [0.2, 0.25) is 0 Å². The van der Waals surface area contributed by atoms with E-state index in [1.807, 2.05) is 27.6 Å². The summed E-state index contributed by atoms with van der Waals surface area (Å²) in [5, 5.41) is 19.6. The number of hydrogen-bond acceptors (Lipinski definition) is 5. The summed E-state index contributed by atoms with van der Waals surface area (Å²) in [7, 11) is 0. The highest BCUT2D eigenvalue weighted by molar-refractivity contribution is 14.1. The van der Waals surface area contributed by atoms with Crippen LogP contribution in [-0.4, -0.2) is 42.5 Å². The van der Waals surface area contributed by atoms with Gasteiger partial charge in [0.15, 0.2) is 6.20 Å². The number of aromatic nitrogens is 2. The zero-order valence-electron chi connectivity index (χ0n) is 9.54. The molecule has 0 saturated carbocycles. The van der Waals surface area contributed by atoms with Gasteiger partial charge in [0, 0.05) is 16.7 Å². The third-order valence-corrected chi connectivity index (χ3v) is 3.31. The standard InChI is InChI=1S/C9H11IN2O5/c10-3-4-6(14)7(15)8(17-4)12-2-1-5(13)11-9(12)16/h1-2,4,6-8,14-15H,3H2,(H,11,13,16)/t4-,6-,7-,8-/m1/s1/i8D. The molecule has 94 valence electrons. The molecule has 7 nitrogen and oxygen atoms in total. The highest BCUT2D eigenvalue weighted by Gasteiger charge is 2.43. The predicted octanol–water partition coefficient (Wildman–Crippen LogP) is -1.41. The van der Waals surface area contributed by atoms with E-state index in [-0.39, 0.29) is 0 Å². The molecule has 0 unspecified atom stereocenters. The first-order valence-electron chi connectivity index (χ1n) is 5.32. The average molecular weight is 355 g/mol. The fourth-order valence-corrected chi connectivity index (χ4v) is 2.26. The molecule has 2 rings (SSSR count). The largest absolute Gasteiger partial charge is 0.387 e. The normalized spacial score (nSPS) is 38.1. The first kappa shape index (κ1) is 11.4. The first-order chi connectivity index (χ1) is 8.40. The summed E-state index contributed by atoms with van der Waals surface area (Å²) in [6.45, 7) is 0. The molecule has 8 heteroatoms. The maximum absolute atomic E-state index is 11.6. The van der Waals surface area contributed by atoms with E-state index in [4.69, 9.17) is 6.11 Å². The van der Waals surface area contributed by atoms with Crippen molar-refractivity contribution in [3.8, 4) is 0 Å². The van der Waals surface area contributed by atoms with Gasteiger partial charge in [0.2, 0.25) is 0 Å². The lowest BCUT2D eigenvalue weighted by atomic mass is 10.1. The number of rotatable bonds is 2. The van der Waals surface area contributed by atoms with E-state index in [0.717, 1.165) is 16.8 Å². The number of aliphatic hydroxyl groups excluding tert-OH is 2. The highest BCUT2D eigenvalue weighted by Crippen LogP contribution is 2.28. The lowest BCUT2D eigenvalue weighted by Gasteiger charge is -2.16. The van der Waals surface area contributed by atoms with Crippen LogP contribution in [0.25, 0.3) is 0 Å². The molecule has 1 fully saturated rings. The van der Waals surface area contributed by atoms with Crippen molar-refractivity contribution >= 4 is 22.6 Å². The maximum Gasteiger partial charge on any atom is 0.330 e. The SMILES string of the molecule is [2H][C@@]1(n2ccc(=O)[nH]c2=O)O[C@H](CI)[C@@H](O)[C@H]1O. The number of nitrogens with one attached hydrogen (secondary N) is 1. The minimum atomic E-state index is -2.14. The molecule has 1 aliphatic heterocycles. The summed E-state index contributed by atoms with van der Waals surface area (Å²) in [6.07, 6.45) is -4.69. The molecule has 0 radical (unpaired) electrons. The van der Waals surface area contributed by atoms with Gasteiger partial charge in [-0.2, -0.15) is 0 Å². The summed E-state index contributed by atoms with van der Waals surface area (Å²) >= 11 is 1.94. The Labute approximate surface area is 111 Å². The second kappa shape index (κ2) is 4.88. The lowest BCUT2D eigenvalue weighted by Crippen LogP contribution is -2.37. The van der Waals surface area contributed by atoms with Gasteiger partial charge in [-0.3, -0.25) is 14.3 Å². The Bertz CT molecular complexity index is 560. The van der Waals surface area contributed by atoms with Crippen LogP contribution in [0, 0.1) is 0 Å². The van der Waals surface area contributed by atoms with Crippen molar-refractivity contribution < 1.29 is 16.3 Å². The fourth-order valence-electron chi connectivity index (χ4n) is 1.56. The molecule has 1 saturated heterocycles. The Morgan fingerprint density at radius 1 is 1.53 bits per heavy atom. The molecule has 3 N–H and O–H groups in total. The van der Waals surface area contributed by atoms with E-state index in [0.29, 0.717) is 4.43 Å². The van der Waals surface area contributed by atoms with Gasteiger partial charge in [-0.15, -0.1) is 0 Å². The number of hydrogen-bond donors (Lipinski definition) is 3. The van der Waals surface area contributed by atoms with E-state index < -0.39 is 35.8 Å². The summed E-state index contributed by atoms with van der Waals surface area (Å²) < 4.78 is 14.3. The van der Waals surface area contributed by atoms with Crippen LogP contribution in [0.3, 0.4) is 0 Å². The third kappa shape index (κ3) is 2.30. The van der Waals surface area contributed by atoms with Crippen molar-refractivity contribution in [1.82, 2.24) is 9.55 Å². The van der Waals surface area contributed by atoms with Crippen LogP contribution in [0.1, 0.15) is 7.57 Å². The summed E-state index contributed by atoms with van der Waals surface area (Å²) in [5.41, 5.74) is -1.49. The minimum Gasteiger partial charge on any atom is -0.387 e. The molecule has 2 heterocycles. The fraction of sp³-hybridized carbons (Fsp3) is 0.556. The van der Waals surface area contributed by atoms with Crippen molar-refractivity contribution in [2.75, 3.05) is 4.43 Å². The Kier molecular flexibility index (Phi) is 3.27. The monoisotopic (exact) mass is 355 g/mol. The first-order valence-corrected chi connectivity index (χ1v) is 6.35. The number of nitrogens with zero attached hydrogens (tertiary/aromatic N) is 1. The van der Waals surface area contributed by atoms with Gasteiger partial charge >= 0.3 is 5.69 Å². The van der Waals surface area contributed by atoms with Gasteiger partial charge in [0.05, 0.1) is 7.47 Å². The van der Waals surface area contributed by atoms with Gasteiger partial charge in [-0.05, 0) is 0 Å². The number of alkyl halides is 1. The number of aliphatic hydroxyl groups is 2. The van der Waals surface area contributed by atoms with Crippen LogP contribution in [-0.2, 0) is 4.74 Å². The molecular weight excluding hydrogens is 343 g/mol. The average Bonchev–Trinajstić information content (AvgIpc) is 2.54. The van der Waals surface area contributed by atoms with Gasteiger partial charge in [-0.1, -0.05) is 22.6 Å². The lowest BCUT2D eigenvalue weighted by molar-refractivity contribution is -0.0335. The molecule has 1 aromatic heterocycles. The second-order valence-electron chi connectivity index (χ2n) is 3.56. The van der Waals surface area contributed by atoms with Crippen molar-refractivity contribution in [1.29, 1.82) is 0 Å². The van der Waals surface area contributed by atoms with Gasteiger partial charge in [0.1, 0.15) is 12.2 Å². The van der Waals surface area contributed by atoms with Crippen LogP contribution in [0.4, 0.5) is 0 Å². The van der Waals surface area contributed by atoms with Crippen LogP contribution >= 0.6 is 22.6 Å². The van der Waals surface area contributed by atoms with Crippen LogP contribution < -0.4 is 11.2 Å². The topological polar surface area (TPSA) is 105 Å². The molecule has 0 aromatic carbocycles. The predicted molar refractivity (Wildman–Crippen MR) is 66.1 cm³/mol. The Balaban J connectivity index is 2.49. The van der Waals surface area contributed by atoms with Gasteiger partial charge in [0.25, 0.3) is 5.56 Å². The number of halogens is 1. The molecule has 4 atom stereocenters. The Morgan fingerprint density at radius 3 is 2.76 bits per heavy atom. The highest BCUT2D eigenvalue weighted by atomic mass is 127. The van der Waals surface area contributed by atoms with E-state index in [2.05, 4.69) is 0 Å². The van der Waals surface area contributed by atoms with Crippen LogP contribution in [0.15, 0.2) is 21.9 Å². The summed E-state index contributed by atoms with van der Waals surface area (Å²) in [5.74, 6) is 0. The summed E-state index contributed by atoms with van der Waals surface area (Å²) in [4.78, 5) is 24.5. The number of ether oxygens (including phenoxy) is 1. The molecule has 17 heavy (non-hydrogen) atoms. The Hall–Kier alpha value is -0.710. The molecule has 0 spiro atoms. The zero-order chi connectivity index (χ0) is 13.5. The molecule has 0 bridgehead atoms. The van der Waals surface area contributed by atoms with E-state index in [1.165, 1.54) is 0 Å². The van der Waals surface area contributed by atoms with Crippen molar-refractivity contribution in [3.63, 3.8) is 0 Å².